The fourth-order valence-corrected chi connectivity index (χ4v) is 5.03. The largest absolute Gasteiger partial charge is 0.272 e. The predicted octanol–water partition coefficient (Wildman–Crippen LogP) is 2.88. The lowest BCUT2D eigenvalue weighted by atomic mass is 9.94. The second kappa shape index (κ2) is 5.60. The van der Waals surface area contributed by atoms with Gasteiger partial charge in [-0.05, 0) is 32.3 Å². The summed E-state index contributed by atoms with van der Waals surface area (Å²) in [5.74, 6) is -0.725. The summed E-state index contributed by atoms with van der Waals surface area (Å²) in [5.41, 5.74) is 0. The summed E-state index contributed by atoms with van der Waals surface area (Å²) in [6.45, 7) is 5.27. The second-order valence-corrected chi connectivity index (χ2v) is 9.22. The first-order valence-corrected chi connectivity index (χ1v) is 9.12. The van der Waals surface area contributed by atoms with Crippen LogP contribution in [0.3, 0.4) is 0 Å². The molecule has 1 saturated heterocycles. The molecule has 1 aliphatic heterocycles. The molecule has 4 atom stereocenters. The van der Waals surface area contributed by atoms with E-state index in [1.807, 2.05) is 13.0 Å². The number of carbonyl (C=O) groups excluding carboxylic acids is 1. The van der Waals surface area contributed by atoms with Crippen molar-refractivity contribution in [2.24, 2.45) is 11.8 Å². The standard InChI is InChI=1S/C14H19Cl2NO3S/c1-9-4-6-11(7-5-9)21(19,20)17-8-12(10(2)15)14(3,16)13(17)18/h4,6-7,9-10,12H,5,8H2,1-3H3. The van der Waals surface area contributed by atoms with Gasteiger partial charge in [-0.2, -0.15) is 0 Å². The minimum absolute atomic E-state index is 0.0204. The SMILES string of the molecule is CC1C=CC(S(=O)(=O)N2CC(C(C)Cl)C(C)(Cl)C2=O)=CC1. The molecule has 0 aromatic rings. The van der Waals surface area contributed by atoms with E-state index in [1.165, 1.54) is 6.92 Å². The highest BCUT2D eigenvalue weighted by Crippen LogP contribution is 2.41. The summed E-state index contributed by atoms with van der Waals surface area (Å²) in [6, 6.07) is 0. The quantitative estimate of drug-likeness (QED) is 0.734. The molecule has 0 radical (unpaired) electrons. The van der Waals surface area contributed by atoms with Crippen LogP contribution in [0.5, 0.6) is 0 Å². The number of rotatable bonds is 3. The number of halogens is 2. The topological polar surface area (TPSA) is 54.5 Å². The highest BCUT2D eigenvalue weighted by atomic mass is 35.5. The molecular weight excluding hydrogens is 333 g/mol. The Hall–Kier alpha value is -0.520. The average Bonchev–Trinajstić information content (AvgIpc) is 2.62. The number of hydrogen-bond donors (Lipinski definition) is 0. The van der Waals surface area contributed by atoms with Crippen LogP contribution in [0.4, 0.5) is 0 Å². The van der Waals surface area contributed by atoms with E-state index in [4.69, 9.17) is 23.2 Å². The zero-order valence-corrected chi connectivity index (χ0v) is 14.5. The molecule has 1 aliphatic carbocycles. The molecule has 1 fully saturated rings. The highest BCUT2D eigenvalue weighted by molar-refractivity contribution is 7.93. The molecule has 7 heteroatoms. The van der Waals surface area contributed by atoms with Crippen LogP contribution in [0.1, 0.15) is 27.2 Å². The van der Waals surface area contributed by atoms with Gasteiger partial charge in [0.1, 0.15) is 4.87 Å². The van der Waals surface area contributed by atoms with Gasteiger partial charge in [-0.25, -0.2) is 12.7 Å². The van der Waals surface area contributed by atoms with Crippen molar-refractivity contribution in [2.75, 3.05) is 6.54 Å². The molecule has 0 spiro atoms. The molecule has 0 saturated carbocycles. The van der Waals surface area contributed by atoms with Gasteiger partial charge in [0, 0.05) is 17.8 Å². The lowest BCUT2D eigenvalue weighted by molar-refractivity contribution is -0.125. The van der Waals surface area contributed by atoms with E-state index in [-0.39, 0.29) is 11.4 Å². The Kier molecular flexibility index (Phi) is 4.49. The Morgan fingerprint density at radius 2 is 2.10 bits per heavy atom. The van der Waals surface area contributed by atoms with Crippen LogP contribution in [0.2, 0.25) is 0 Å². The lowest BCUT2D eigenvalue weighted by Gasteiger charge is -2.22. The van der Waals surface area contributed by atoms with Gasteiger partial charge < -0.3 is 0 Å². The third-order valence-electron chi connectivity index (χ3n) is 4.13. The average molecular weight is 352 g/mol. The Bertz CT molecular complexity index is 608. The van der Waals surface area contributed by atoms with Crippen molar-refractivity contribution in [3.8, 4) is 0 Å². The molecule has 0 aromatic carbocycles. The molecule has 1 amide bonds. The number of allylic oxidation sites excluding steroid dienone is 3. The number of nitrogens with zero attached hydrogens (tertiary/aromatic N) is 1. The van der Waals surface area contributed by atoms with Crippen molar-refractivity contribution in [3.05, 3.63) is 23.1 Å². The normalized spacial score (nSPS) is 35.0. The van der Waals surface area contributed by atoms with Crippen LogP contribution in [0.25, 0.3) is 0 Å². The van der Waals surface area contributed by atoms with E-state index in [9.17, 15) is 13.2 Å². The van der Waals surface area contributed by atoms with Gasteiger partial charge in [-0.1, -0.05) is 19.1 Å². The van der Waals surface area contributed by atoms with Gasteiger partial charge in [0.25, 0.3) is 15.9 Å². The summed E-state index contributed by atoms with van der Waals surface area (Å²) < 4.78 is 26.2. The number of hydrogen-bond acceptors (Lipinski definition) is 3. The molecule has 2 rings (SSSR count). The maximum Gasteiger partial charge on any atom is 0.266 e. The number of sulfonamides is 1. The summed E-state index contributed by atoms with van der Waals surface area (Å²) in [4.78, 5) is 11.3. The minimum atomic E-state index is -3.86. The summed E-state index contributed by atoms with van der Waals surface area (Å²) in [6.07, 6.45) is 5.67. The molecule has 118 valence electrons. The van der Waals surface area contributed by atoms with Gasteiger partial charge in [-0.15, -0.1) is 23.2 Å². The third kappa shape index (κ3) is 2.88. The molecule has 1 heterocycles. The van der Waals surface area contributed by atoms with Gasteiger partial charge in [-0.3, -0.25) is 4.79 Å². The lowest BCUT2D eigenvalue weighted by Crippen LogP contribution is -2.39. The Morgan fingerprint density at radius 3 is 2.52 bits per heavy atom. The van der Waals surface area contributed by atoms with Crippen LogP contribution >= 0.6 is 23.2 Å². The minimum Gasteiger partial charge on any atom is -0.272 e. The third-order valence-corrected chi connectivity index (χ3v) is 6.67. The van der Waals surface area contributed by atoms with Crippen LogP contribution in [0, 0.1) is 11.8 Å². The van der Waals surface area contributed by atoms with Crippen LogP contribution in [-0.2, 0) is 14.8 Å². The van der Waals surface area contributed by atoms with Gasteiger partial charge >= 0.3 is 0 Å². The molecule has 2 aliphatic rings. The fourth-order valence-electron chi connectivity index (χ4n) is 2.65. The van der Waals surface area contributed by atoms with Crippen LogP contribution < -0.4 is 0 Å². The van der Waals surface area contributed by atoms with Crippen molar-refractivity contribution in [2.45, 2.75) is 37.4 Å². The molecule has 4 unspecified atom stereocenters. The van der Waals surface area contributed by atoms with Gasteiger partial charge in [0.2, 0.25) is 0 Å². The zero-order chi connectivity index (χ0) is 16.0. The highest BCUT2D eigenvalue weighted by Gasteiger charge is 2.55. The smallest absolute Gasteiger partial charge is 0.266 e. The first-order chi connectivity index (χ1) is 9.58. The Labute approximate surface area is 135 Å². The van der Waals surface area contributed by atoms with Crippen molar-refractivity contribution >= 4 is 39.1 Å². The second-order valence-electron chi connectivity index (χ2n) is 5.88. The monoisotopic (exact) mass is 351 g/mol. The predicted molar refractivity (Wildman–Crippen MR) is 84.7 cm³/mol. The maximum atomic E-state index is 12.6. The summed E-state index contributed by atoms with van der Waals surface area (Å²) in [5, 5.41) is -0.396. The van der Waals surface area contributed by atoms with Crippen molar-refractivity contribution < 1.29 is 13.2 Å². The summed E-state index contributed by atoms with van der Waals surface area (Å²) in [7, 11) is -3.86. The Morgan fingerprint density at radius 1 is 1.48 bits per heavy atom. The first kappa shape index (κ1) is 16.8. The first-order valence-electron chi connectivity index (χ1n) is 6.87. The van der Waals surface area contributed by atoms with E-state index >= 15 is 0 Å². The van der Waals surface area contributed by atoms with E-state index < -0.39 is 32.1 Å². The molecule has 0 aromatic heterocycles. The molecule has 0 bridgehead atoms. The van der Waals surface area contributed by atoms with E-state index in [0.29, 0.717) is 12.3 Å². The van der Waals surface area contributed by atoms with Crippen LogP contribution in [-0.4, -0.2) is 35.4 Å². The van der Waals surface area contributed by atoms with Gasteiger partial charge in [0.05, 0.1) is 4.91 Å². The van der Waals surface area contributed by atoms with Crippen molar-refractivity contribution in [1.82, 2.24) is 4.31 Å². The van der Waals surface area contributed by atoms with Crippen molar-refractivity contribution in [3.63, 3.8) is 0 Å². The number of alkyl halides is 2. The number of amides is 1. The van der Waals surface area contributed by atoms with E-state index in [1.54, 1.807) is 19.1 Å². The molecule has 4 nitrogen and oxygen atoms in total. The number of carbonyl (C=O) groups is 1. The van der Waals surface area contributed by atoms with E-state index in [2.05, 4.69) is 0 Å². The maximum absolute atomic E-state index is 12.6. The van der Waals surface area contributed by atoms with Crippen molar-refractivity contribution in [1.29, 1.82) is 0 Å². The summed E-state index contributed by atoms with van der Waals surface area (Å²) >= 11 is 12.3. The zero-order valence-electron chi connectivity index (χ0n) is 12.2. The fraction of sp³-hybridized carbons (Fsp3) is 0.643. The van der Waals surface area contributed by atoms with Gasteiger partial charge in [0.15, 0.2) is 0 Å². The van der Waals surface area contributed by atoms with Crippen LogP contribution in [0.15, 0.2) is 23.1 Å². The molecular formula is C14H19Cl2NO3S. The van der Waals surface area contributed by atoms with E-state index in [0.717, 1.165) is 4.31 Å². The molecule has 21 heavy (non-hydrogen) atoms. The molecule has 0 N–H and O–H groups in total. The Balaban J connectivity index is 2.35.